The lowest BCUT2D eigenvalue weighted by Crippen LogP contribution is -2.47. The molecule has 0 spiro atoms. The molecule has 3 rings (SSSR count). The molecule has 10 N–H and O–H groups in total. The van der Waals surface area contributed by atoms with Crippen LogP contribution in [0, 0.1) is 0 Å². The van der Waals surface area contributed by atoms with Crippen molar-refractivity contribution in [3.8, 4) is 28.7 Å². The molecule has 0 aliphatic rings. The molecule has 0 aromatic heterocycles. The van der Waals surface area contributed by atoms with Gasteiger partial charge >= 0.3 is 0 Å². The largest absolute Gasteiger partial charge is 0.493 e. The number of para-hydroxylation sites is 1. The minimum Gasteiger partial charge on any atom is -0.493 e. The fourth-order valence-corrected chi connectivity index (χ4v) is 9.87. The van der Waals surface area contributed by atoms with Crippen LogP contribution in [-0.2, 0) is 24.0 Å². The van der Waals surface area contributed by atoms with E-state index in [4.69, 9.17) is 23.7 Å². The summed E-state index contributed by atoms with van der Waals surface area (Å²) in [7, 11) is 0. The Balaban J connectivity index is 1.81. The molecule has 0 saturated heterocycles. The molecule has 0 saturated carbocycles. The van der Waals surface area contributed by atoms with Gasteiger partial charge in [0.25, 0.3) is 29.5 Å². The first-order valence-corrected chi connectivity index (χ1v) is 35.1. The van der Waals surface area contributed by atoms with Crippen LogP contribution in [0.5, 0.6) is 28.7 Å². The first-order valence-electron chi connectivity index (χ1n) is 35.1. The lowest BCUT2D eigenvalue weighted by Gasteiger charge is -2.18. The number of rotatable bonds is 49. The Kier molecular flexibility index (Phi) is 43.1. The summed E-state index contributed by atoms with van der Waals surface area (Å²) in [4.78, 5) is 133. The molecule has 96 heavy (non-hydrogen) atoms. The molecule has 3 aromatic rings. The molecule has 0 fully saturated rings. The summed E-state index contributed by atoms with van der Waals surface area (Å²) in [6, 6.07) is 11.7. The highest BCUT2D eigenvalue weighted by Gasteiger charge is 2.26. The van der Waals surface area contributed by atoms with Gasteiger partial charge in [-0.2, -0.15) is 0 Å². The number of ether oxygens (including phenoxy) is 5. The smallest absolute Gasteiger partial charge is 0.273 e. The number of benzene rings is 3. The molecular formula is C71H110N10O15. The second-order valence-electron chi connectivity index (χ2n) is 23.8. The van der Waals surface area contributed by atoms with Crippen molar-refractivity contribution in [3.05, 3.63) is 76.3 Å². The van der Waals surface area contributed by atoms with E-state index in [-0.39, 0.29) is 77.2 Å². The Morgan fingerprint density at radius 3 is 0.760 bits per heavy atom. The van der Waals surface area contributed by atoms with Gasteiger partial charge in [-0.15, -0.1) is 0 Å². The fraction of sp³-hybridized carbons (Fsp3) is 0.606. The van der Waals surface area contributed by atoms with E-state index in [0.29, 0.717) is 38.0 Å². The molecule has 0 heterocycles. The van der Waals surface area contributed by atoms with Gasteiger partial charge in [0, 0.05) is 19.1 Å². The van der Waals surface area contributed by atoms with Crippen LogP contribution in [-0.4, -0.2) is 92.1 Å². The van der Waals surface area contributed by atoms with Gasteiger partial charge in [0.2, 0.25) is 29.5 Å². The number of hydrogen-bond acceptors (Lipinski definition) is 15. The monoisotopic (exact) mass is 1340 g/mol. The third kappa shape index (κ3) is 34.7. The van der Waals surface area contributed by atoms with Crippen LogP contribution in [0.1, 0.15) is 299 Å². The van der Waals surface area contributed by atoms with Crippen molar-refractivity contribution in [3.63, 3.8) is 0 Å². The molecule has 0 bridgehead atoms. The van der Waals surface area contributed by atoms with E-state index in [1.165, 1.54) is 37.6 Å². The van der Waals surface area contributed by atoms with Crippen LogP contribution in [0.4, 0.5) is 0 Å². The number of hydrazine groups is 5. The summed E-state index contributed by atoms with van der Waals surface area (Å²) in [5.41, 5.74) is 21.8. The number of hydrogen-bond donors (Lipinski definition) is 10. The van der Waals surface area contributed by atoms with Gasteiger partial charge in [-0.3, -0.25) is 102 Å². The fourth-order valence-electron chi connectivity index (χ4n) is 9.87. The maximum Gasteiger partial charge on any atom is 0.273 e. The summed E-state index contributed by atoms with van der Waals surface area (Å²) in [6.45, 7) is 13.1. The van der Waals surface area contributed by atoms with Crippen molar-refractivity contribution in [1.29, 1.82) is 0 Å². The van der Waals surface area contributed by atoms with Crippen molar-refractivity contribution in [2.45, 2.75) is 247 Å². The zero-order chi connectivity index (χ0) is 70.0. The van der Waals surface area contributed by atoms with Crippen LogP contribution in [0.25, 0.3) is 0 Å². The average molecular weight is 1340 g/mol. The summed E-state index contributed by atoms with van der Waals surface area (Å²) in [5.74, 6) is -8.34. The van der Waals surface area contributed by atoms with E-state index in [1.807, 2.05) is 0 Å². The Hall–Kier alpha value is -8.64. The summed E-state index contributed by atoms with van der Waals surface area (Å²) < 4.78 is 30.4. The van der Waals surface area contributed by atoms with Crippen LogP contribution in [0.15, 0.2) is 48.5 Å². The zero-order valence-corrected chi connectivity index (χ0v) is 57.9. The molecule has 534 valence electrons. The van der Waals surface area contributed by atoms with E-state index in [9.17, 15) is 47.9 Å². The SMILES string of the molecule is CCCCCCCCOc1cc(OCCCCCCCC)c(C(=O)NNC(=O)CC(=O)NNC(=O)c2cc(C(=O)NNC(=O)CC(=O)NNC(=O)c3ccccc3OCCCCCCCC)c(OCCCCCCCC)cc2OCCCCCCCC)cc1C(=O)NNC(C)=O. The molecule has 0 atom stereocenters. The highest BCUT2D eigenvalue weighted by molar-refractivity contribution is 6.07. The Morgan fingerprint density at radius 2 is 0.490 bits per heavy atom. The van der Waals surface area contributed by atoms with Crippen molar-refractivity contribution < 1.29 is 71.6 Å². The van der Waals surface area contributed by atoms with Crippen molar-refractivity contribution in [2.75, 3.05) is 33.0 Å². The Morgan fingerprint density at radius 1 is 0.260 bits per heavy atom. The van der Waals surface area contributed by atoms with Gasteiger partial charge in [-0.05, 0) is 56.4 Å². The van der Waals surface area contributed by atoms with Crippen LogP contribution in [0.3, 0.4) is 0 Å². The lowest BCUT2D eigenvalue weighted by molar-refractivity contribution is -0.131. The standard InChI is InChI=1S/C71H110N10O15/c1-7-12-17-22-27-34-41-92-58-40-33-32-39-53(58)67(87)78-73-63(83)50-64(84)74-80-70(90)56-47-57(62(96-45-38-31-26-21-16-11-5)49-61(56)95-44-37-30-25-20-15-10-4)71(91)81-76-66(86)51-65(85)75-79-69(89)55-46-54(68(88)77-72-52(6)82)59(93-42-35-28-23-18-13-8-2)48-60(55)94-43-36-29-24-19-14-9-3/h32-33,39-40,46-49H,7-31,34-38,41-45,50-51H2,1-6H3,(H,72,82)(H,73,83)(H,74,84)(H,75,85)(H,76,86)(H,77,88)(H,78,87)(H,79,89)(H,80,90)(H,81,91). The normalized spacial score (nSPS) is 10.7. The van der Waals surface area contributed by atoms with Gasteiger partial charge in [0.05, 0.1) is 60.9 Å². The highest BCUT2D eigenvalue weighted by Crippen LogP contribution is 2.32. The summed E-state index contributed by atoms with van der Waals surface area (Å²) in [5, 5.41) is 0. The molecule has 0 aliphatic heterocycles. The summed E-state index contributed by atoms with van der Waals surface area (Å²) >= 11 is 0. The molecule has 0 aliphatic carbocycles. The predicted molar refractivity (Wildman–Crippen MR) is 367 cm³/mol. The third-order valence-electron chi connectivity index (χ3n) is 15.3. The van der Waals surface area contributed by atoms with Gasteiger partial charge in [0.1, 0.15) is 41.6 Å². The highest BCUT2D eigenvalue weighted by atomic mass is 16.5. The van der Waals surface area contributed by atoms with E-state index in [1.54, 1.807) is 18.2 Å². The van der Waals surface area contributed by atoms with Gasteiger partial charge in [-0.1, -0.05) is 207 Å². The molecule has 0 unspecified atom stereocenters. The second-order valence-corrected chi connectivity index (χ2v) is 23.8. The van der Waals surface area contributed by atoms with Crippen molar-refractivity contribution in [1.82, 2.24) is 54.3 Å². The molecule has 25 heteroatoms. The van der Waals surface area contributed by atoms with Gasteiger partial charge in [0.15, 0.2) is 0 Å². The van der Waals surface area contributed by atoms with E-state index >= 15 is 0 Å². The van der Waals surface area contributed by atoms with Gasteiger partial charge in [-0.25, -0.2) is 0 Å². The number of nitrogens with one attached hydrogen (secondary N) is 10. The number of carbonyl (C=O) groups excluding carboxylic acids is 10. The number of unbranched alkanes of at least 4 members (excludes halogenated alkanes) is 25. The van der Waals surface area contributed by atoms with Crippen molar-refractivity contribution in [2.24, 2.45) is 0 Å². The maximum atomic E-state index is 14.1. The van der Waals surface area contributed by atoms with E-state index in [2.05, 4.69) is 88.9 Å². The molecule has 10 amide bonds. The molecule has 3 aromatic carbocycles. The van der Waals surface area contributed by atoms with Crippen molar-refractivity contribution >= 4 is 59.1 Å². The minimum atomic E-state index is -1.03. The minimum absolute atomic E-state index is 0.00186. The lowest BCUT2D eigenvalue weighted by atomic mass is 10.1. The number of carbonyl (C=O) groups is 10. The van der Waals surface area contributed by atoms with E-state index < -0.39 is 71.9 Å². The maximum absolute atomic E-state index is 14.1. The molecular weight excluding hydrogens is 1230 g/mol. The first-order chi connectivity index (χ1) is 46.6. The zero-order valence-electron chi connectivity index (χ0n) is 57.9. The predicted octanol–water partition coefficient (Wildman–Crippen LogP) is 11.4. The summed E-state index contributed by atoms with van der Waals surface area (Å²) in [6.07, 6.45) is 27.5. The quantitative estimate of drug-likeness (QED) is 0.0143. The third-order valence-corrected chi connectivity index (χ3v) is 15.3. The average Bonchev–Trinajstić information content (AvgIpc) is 0.819. The van der Waals surface area contributed by atoms with Crippen LogP contribution >= 0.6 is 0 Å². The Bertz CT molecular complexity index is 2870. The molecule has 25 nitrogen and oxygen atoms in total. The topological polar surface area (TPSA) is 337 Å². The number of amides is 10. The van der Waals surface area contributed by atoms with Crippen LogP contribution in [0.2, 0.25) is 0 Å². The second kappa shape index (κ2) is 50.7. The molecule has 0 radical (unpaired) electrons. The Labute approximate surface area is 567 Å². The van der Waals surface area contributed by atoms with Gasteiger partial charge < -0.3 is 23.7 Å². The first kappa shape index (κ1) is 81.6. The van der Waals surface area contributed by atoms with E-state index in [0.717, 1.165) is 167 Å². The van der Waals surface area contributed by atoms with Crippen LogP contribution < -0.4 is 77.9 Å².